The zero-order valence-electron chi connectivity index (χ0n) is 8.12. The number of rotatable bonds is 0. The predicted octanol–water partition coefficient (Wildman–Crippen LogP) is 1.99. The highest BCUT2D eigenvalue weighted by Crippen LogP contribution is 2.36. The van der Waals surface area contributed by atoms with Gasteiger partial charge in [0.1, 0.15) is 18.5 Å². The number of aryl methyl sites for hydroxylation is 2. The molecule has 0 bridgehead atoms. The van der Waals surface area contributed by atoms with Crippen molar-refractivity contribution in [2.45, 2.75) is 31.8 Å². The Kier molecular flexibility index (Phi) is 1.77. The molecule has 0 fully saturated rings. The van der Waals surface area contributed by atoms with Gasteiger partial charge in [-0.15, -0.1) is 0 Å². The third-order valence-electron chi connectivity index (χ3n) is 3.23. The highest BCUT2D eigenvalue weighted by molar-refractivity contribution is 5.46. The fraction of sp³-hybridized carbons (Fsp3) is 0.500. The second kappa shape index (κ2) is 2.99. The van der Waals surface area contributed by atoms with Crippen molar-refractivity contribution in [2.75, 3.05) is 6.61 Å². The SMILES string of the molecule is OC1COc2cc3c(cc21)CCCC3. The van der Waals surface area contributed by atoms with E-state index in [0.29, 0.717) is 6.61 Å². The molecule has 0 amide bonds. The largest absolute Gasteiger partial charge is 0.490 e. The van der Waals surface area contributed by atoms with Crippen molar-refractivity contribution in [1.29, 1.82) is 0 Å². The molecule has 2 heteroatoms. The van der Waals surface area contributed by atoms with Crippen molar-refractivity contribution in [3.05, 3.63) is 28.8 Å². The van der Waals surface area contributed by atoms with E-state index >= 15 is 0 Å². The summed E-state index contributed by atoms with van der Waals surface area (Å²) in [7, 11) is 0. The Morgan fingerprint density at radius 2 is 1.86 bits per heavy atom. The van der Waals surface area contributed by atoms with E-state index in [1.165, 1.54) is 30.4 Å². The molecule has 0 saturated heterocycles. The number of aliphatic hydroxyl groups is 1. The smallest absolute Gasteiger partial charge is 0.125 e. The van der Waals surface area contributed by atoms with Crippen LogP contribution in [0, 0.1) is 0 Å². The Morgan fingerprint density at radius 3 is 2.64 bits per heavy atom. The van der Waals surface area contributed by atoms with Crippen molar-refractivity contribution >= 4 is 0 Å². The summed E-state index contributed by atoms with van der Waals surface area (Å²) < 4.78 is 5.43. The van der Waals surface area contributed by atoms with Crippen molar-refractivity contribution in [2.24, 2.45) is 0 Å². The minimum atomic E-state index is -0.405. The van der Waals surface area contributed by atoms with Crippen molar-refractivity contribution < 1.29 is 9.84 Å². The summed E-state index contributed by atoms with van der Waals surface area (Å²) >= 11 is 0. The first-order valence-electron chi connectivity index (χ1n) is 5.31. The standard InChI is InChI=1S/C12H14O2/c13-11-7-14-12-6-9-4-2-1-3-8(9)5-10(11)12/h5-6,11,13H,1-4,7H2. The first-order chi connectivity index (χ1) is 6.84. The molecule has 1 aromatic carbocycles. The maximum Gasteiger partial charge on any atom is 0.125 e. The Hall–Kier alpha value is -1.02. The van der Waals surface area contributed by atoms with E-state index < -0.39 is 6.10 Å². The lowest BCUT2D eigenvalue weighted by Crippen LogP contribution is -2.03. The number of hydrogen-bond acceptors (Lipinski definition) is 2. The highest BCUT2D eigenvalue weighted by atomic mass is 16.5. The molecular formula is C12H14O2. The van der Waals surface area contributed by atoms with Gasteiger partial charge in [-0.05, 0) is 48.9 Å². The van der Waals surface area contributed by atoms with Crippen LogP contribution < -0.4 is 4.74 Å². The Bertz CT molecular complexity index is 370. The van der Waals surface area contributed by atoms with E-state index in [0.717, 1.165) is 17.7 Å². The van der Waals surface area contributed by atoms with Crippen LogP contribution in [0.15, 0.2) is 12.1 Å². The van der Waals surface area contributed by atoms with Crippen LogP contribution in [0.4, 0.5) is 0 Å². The van der Waals surface area contributed by atoms with E-state index in [4.69, 9.17) is 4.74 Å². The van der Waals surface area contributed by atoms with Gasteiger partial charge in [0, 0.05) is 5.56 Å². The normalized spacial score (nSPS) is 23.9. The lowest BCUT2D eigenvalue weighted by atomic mass is 9.89. The quantitative estimate of drug-likeness (QED) is 0.678. The van der Waals surface area contributed by atoms with Crippen LogP contribution in [0.2, 0.25) is 0 Å². The molecule has 0 spiro atoms. The minimum Gasteiger partial charge on any atom is -0.490 e. The molecule has 1 aliphatic heterocycles. The number of benzene rings is 1. The van der Waals surface area contributed by atoms with Gasteiger partial charge in [-0.2, -0.15) is 0 Å². The average molecular weight is 190 g/mol. The van der Waals surface area contributed by atoms with E-state index in [-0.39, 0.29) is 0 Å². The lowest BCUT2D eigenvalue weighted by Gasteiger charge is -2.16. The fourth-order valence-electron chi connectivity index (χ4n) is 2.43. The fourth-order valence-corrected chi connectivity index (χ4v) is 2.43. The van der Waals surface area contributed by atoms with Crippen LogP contribution in [0.3, 0.4) is 0 Å². The Balaban J connectivity index is 2.11. The van der Waals surface area contributed by atoms with Crippen LogP contribution >= 0.6 is 0 Å². The molecule has 1 aliphatic carbocycles. The summed E-state index contributed by atoms with van der Waals surface area (Å²) in [5.74, 6) is 0.901. The maximum atomic E-state index is 9.66. The van der Waals surface area contributed by atoms with Gasteiger partial charge in [-0.1, -0.05) is 0 Å². The van der Waals surface area contributed by atoms with Gasteiger partial charge in [0.25, 0.3) is 0 Å². The molecule has 0 radical (unpaired) electrons. The molecule has 2 nitrogen and oxygen atoms in total. The Morgan fingerprint density at radius 1 is 1.14 bits per heavy atom. The molecule has 0 saturated carbocycles. The molecule has 1 aromatic rings. The summed E-state index contributed by atoms with van der Waals surface area (Å²) in [5.41, 5.74) is 3.83. The lowest BCUT2D eigenvalue weighted by molar-refractivity contribution is 0.140. The molecule has 1 N–H and O–H groups in total. The molecule has 1 unspecified atom stereocenters. The number of aliphatic hydroxyl groups excluding tert-OH is 1. The maximum absolute atomic E-state index is 9.66. The molecule has 1 heterocycles. The third kappa shape index (κ3) is 1.14. The topological polar surface area (TPSA) is 29.5 Å². The van der Waals surface area contributed by atoms with Gasteiger partial charge >= 0.3 is 0 Å². The van der Waals surface area contributed by atoms with Crippen LogP contribution in [0.5, 0.6) is 5.75 Å². The van der Waals surface area contributed by atoms with E-state index in [1.807, 2.05) is 0 Å². The van der Waals surface area contributed by atoms with E-state index in [1.54, 1.807) is 0 Å². The zero-order chi connectivity index (χ0) is 9.54. The Labute approximate surface area is 83.5 Å². The van der Waals surface area contributed by atoms with Crippen LogP contribution in [-0.4, -0.2) is 11.7 Å². The average Bonchev–Trinajstić information content (AvgIpc) is 2.57. The van der Waals surface area contributed by atoms with Gasteiger partial charge in [0.15, 0.2) is 0 Å². The van der Waals surface area contributed by atoms with Gasteiger partial charge in [-0.25, -0.2) is 0 Å². The van der Waals surface area contributed by atoms with E-state index in [2.05, 4.69) is 12.1 Å². The summed E-state index contributed by atoms with van der Waals surface area (Å²) in [6, 6.07) is 4.27. The number of fused-ring (bicyclic) bond motifs is 2. The van der Waals surface area contributed by atoms with Crippen LogP contribution in [0.1, 0.15) is 35.6 Å². The second-order valence-electron chi connectivity index (χ2n) is 4.19. The summed E-state index contributed by atoms with van der Waals surface area (Å²) in [6.07, 6.45) is 4.49. The van der Waals surface area contributed by atoms with Crippen LogP contribution in [0.25, 0.3) is 0 Å². The van der Waals surface area contributed by atoms with Gasteiger partial charge in [-0.3, -0.25) is 0 Å². The second-order valence-corrected chi connectivity index (χ2v) is 4.19. The summed E-state index contributed by atoms with van der Waals surface area (Å²) in [5, 5.41) is 9.66. The van der Waals surface area contributed by atoms with Gasteiger partial charge < -0.3 is 9.84 Å². The molecule has 3 rings (SSSR count). The monoisotopic (exact) mass is 190 g/mol. The molecule has 74 valence electrons. The number of ether oxygens (including phenoxy) is 1. The minimum absolute atomic E-state index is 0.405. The highest BCUT2D eigenvalue weighted by Gasteiger charge is 2.24. The number of hydrogen-bond donors (Lipinski definition) is 1. The van der Waals surface area contributed by atoms with Gasteiger partial charge in [0.05, 0.1) is 0 Å². The summed E-state index contributed by atoms with van der Waals surface area (Å²) in [4.78, 5) is 0. The van der Waals surface area contributed by atoms with Crippen molar-refractivity contribution in [1.82, 2.24) is 0 Å². The van der Waals surface area contributed by atoms with Crippen molar-refractivity contribution in [3.63, 3.8) is 0 Å². The first kappa shape index (κ1) is 8.30. The molecular weight excluding hydrogens is 176 g/mol. The molecule has 2 aliphatic rings. The zero-order valence-corrected chi connectivity index (χ0v) is 8.12. The molecule has 1 atom stereocenters. The van der Waals surface area contributed by atoms with E-state index in [9.17, 15) is 5.11 Å². The summed E-state index contributed by atoms with van der Waals surface area (Å²) in [6.45, 7) is 0.429. The predicted molar refractivity (Wildman–Crippen MR) is 53.5 cm³/mol. The van der Waals surface area contributed by atoms with Gasteiger partial charge in [0.2, 0.25) is 0 Å². The van der Waals surface area contributed by atoms with Crippen molar-refractivity contribution in [3.8, 4) is 5.75 Å². The third-order valence-corrected chi connectivity index (χ3v) is 3.23. The molecule has 0 aromatic heterocycles. The molecule has 14 heavy (non-hydrogen) atoms. The van der Waals surface area contributed by atoms with Crippen LogP contribution in [-0.2, 0) is 12.8 Å². The first-order valence-corrected chi connectivity index (χ1v) is 5.31.